The predicted octanol–water partition coefficient (Wildman–Crippen LogP) is 4.15. The highest BCUT2D eigenvalue weighted by Crippen LogP contribution is 2.41. The van der Waals surface area contributed by atoms with Gasteiger partial charge < -0.3 is 19.4 Å². The minimum Gasteiger partial charge on any atom is -0.496 e. The van der Waals surface area contributed by atoms with Gasteiger partial charge in [-0.05, 0) is 42.8 Å². The van der Waals surface area contributed by atoms with Gasteiger partial charge in [-0.2, -0.15) is 0 Å². The molecule has 0 bridgehead atoms. The molecule has 21 heavy (non-hydrogen) atoms. The van der Waals surface area contributed by atoms with Crippen LogP contribution in [-0.4, -0.2) is 12.3 Å². The van der Waals surface area contributed by atoms with Crippen molar-refractivity contribution in [3.05, 3.63) is 41.1 Å². The van der Waals surface area contributed by atoms with Gasteiger partial charge in [-0.25, -0.2) is 0 Å². The fourth-order valence-electron chi connectivity index (χ4n) is 2.19. The van der Waals surface area contributed by atoms with Crippen LogP contribution in [0.2, 0.25) is 5.22 Å². The zero-order valence-corrected chi connectivity index (χ0v) is 12.3. The van der Waals surface area contributed by atoms with Gasteiger partial charge in [0.2, 0.25) is 5.88 Å². The summed E-state index contributed by atoms with van der Waals surface area (Å²) in [6.45, 7) is 1.98. The highest BCUT2D eigenvalue weighted by atomic mass is 35.5. The first-order valence-corrected chi connectivity index (χ1v) is 6.64. The van der Waals surface area contributed by atoms with E-state index in [0.29, 0.717) is 22.8 Å². The molecule has 0 aliphatic carbocycles. The average molecular weight is 305 g/mol. The van der Waals surface area contributed by atoms with Crippen LogP contribution in [0.25, 0.3) is 22.6 Å². The van der Waals surface area contributed by atoms with Gasteiger partial charge in [0.15, 0.2) is 16.7 Å². The maximum Gasteiger partial charge on any atom is 0.230 e. The van der Waals surface area contributed by atoms with Gasteiger partial charge in [-0.15, -0.1) is 0 Å². The molecule has 2 heterocycles. The zero-order chi connectivity index (χ0) is 15.0. The lowest BCUT2D eigenvalue weighted by Gasteiger charge is -2.09. The minimum atomic E-state index is 0.196. The summed E-state index contributed by atoms with van der Waals surface area (Å²) < 4.78 is 15.9. The summed E-state index contributed by atoms with van der Waals surface area (Å²) in [6, 6.07) is 9.13. The monoisotopic (exact) mass is 304 g/mol. The second-order valence-corrected chi connectivity index (χ2v) is 4.95. The van der Waals surface area contributed by atoms with Gasteiger partial charge in [0.25, 0.3) is 0 Å². The number of rotatable bonds is 3. The van der Waals surface area contributed by atoms with Gasteiger partial charge >= 0.3 is 0 Å². The maximum absolute atomic E-state index is 5.93. The lowest BCUT2D eigenvalue weighted by Crippen LogP contribution is -1.92. The Bertz CT molecular complexity index is 792. The van der Waals surface area contributed by atoms with E-state index in [9.17, 15) is 0 Å². The first kappa shape index (κ1) is 13.6. The van der Waals surface area contributed by atoms with Crippen molar-refractivity contribution < 1.29 is 13.7 Å². The van der Waals surface area contributed by atoms with E-state index in [0.717, 1.165) is 11.1 Å². The first-order chi connectivity index (χ1) is 10.1. The van der Waals surface area contributed by atoms with E-state index < -0.39 is 0 Å². The van der Waals surface area contributed by atoms with Crippen molar-refractivity contribution >= 4 is 17.5 Å². The molecule has 3 aromatic rings. The van der Waals surface area contributed by atoms with E-state index in [1.807, 2.05) is 25.1 Å². The fraction of sp³-hybridized carbons (Fsp3) is 0.133. The molecule has 0 saturated heterocycles. The number of aromatic nitrogens is 1. The number of nitrogens with two attached hydrogens (primary N) is 1. The molecule has 6 heteroatoms. The summed E-state index contributed by atoms with van der Waals surface area (Å²) in [6.07, 6.45) is 0. The molecule has 0 aliphatic heterocycles. The molecular formula is C15H13ClN2O3. The summed E-state index contributed by atoms with van der Waals surface area (Å²) in [4.78, 5) is 0. The number of furan rings is 1. The first-order valence-electron chi connectivity index (χ1n) is 6.26. The van der Waals surface area contributed by atoms with Crippen LogP contribution in [0.3, 0.4) is 0 Å². The molecule has 0 atom stereocenters. The lowest BCUT2D eigenvalue weighted by molar-refractivity contribution is 0.416. The fourth-order valence-corrected chi connectivity index (χ4v) is 2.34. The summed E-state index contributed by atoms with van der Waals surface area (Å²) in [5.41, 5.74) is 8.90. The van der Waals surface area contributed by atoms with Crippen molar-refractivity contribution in [2.45, 2.75) is 6.92 Å². The van der Waals surface area contributed by atoms with Crippen LogP contribution >= 0.6 is 11.6 Å². The Morgan fingerprint density at radius 1 is 1.24 bits per heavy atom. The lowest BCUT2D eigenvalue weighted by atomic mass is 10.0. The molecule has 0 amide bonds. The number of nitrogen functional groups attached to an aromatic ring is 1. The molecule has 0 fully saturated rings. The molecule has 1 aromatic carbocycles. The molecule has 5 nitrogen and oxygen atoms in total. The van der Waals surface area contributed by atoms with Gasteiger partial charge in [0.1, 0.15) is 5.75 Å². The smallest absolute Gasteiger partial charge is 0.230 e. The van der Waals surface area contributed by atoms with E-state index in [2.05, 4.69) is 5.16 Å². The number of ether oxygens (including phenoxy) is 1. The Hall–Kier alpha value is -2.40. The molecule has 0 spiro atoms. The van der Waals surface area contributed by atoms with E-state index in [1.165, 1.54) is 0 Å². The summed E-state index contributed by atoms with van der Waals surface area (Å²) in [5.74, 6) is 1.36. The number of nitrogens with zero attached hydrogens (tertiary/aromatic N) is 1. The largest absolute Gasteiger partial charge is 0.496 e. The van der Waals surface area contributed by atoms with Crippen molar-refractivity contribution in [1.82, 2.24) is 5.16 Å². The van der Waals surface area contributed by atoms with Crippen molar-refractivity contribution in [2.24, 2.45) is 0 Å². The summed E-state index contributed by atoms with van der Waals surface area (Å²) >= 11 is 5.82. The SMILES string of the molecule is COc1ccc(C)cc1-c1c(-c2ccc(Cl)o2)noc1N. The van der Waals surface area contributed by atoms with E-state index in [-0.39, 0.29) is 11.1 Å². The number of benzene rings is 1. The third-order valence-corrected chi connectivity index (χ3v) is 3.35. The molecule has 0 saturated carbocycles. The molecule has 3 rings (SSSR count). The van der Waals surface area contributed by atoms with Crippen molar-refractivity contribution in [3.8, 4) is 28.3 Å². The standard InChI is InChI=1S/C15H13ClN2O3/c1-8-3-4-10(19-2)9(7-8)13-14(18-21-15(13)17)11-5-6-12(16)20-11/h3-7H,17H2,1-2H3. The third kappa shape index (κ3) is 2.36. The topological polar surface area (TPSA) is 74.4 Å². The third-order valence-electron chi connectivity index (χ3n) is 3.15. The second kappa shape index (κ2) is 5.18. The van der Waals surface area contributed by atoms with E-state index >= 15 is 0 Å². The van der Waals surface area contributed by atoms with Crippen LogP contribution in [0.5, 0.6) is 5.75 Å². The van der Waals surface area contributed by atoms with E-state index in [4.69, 9.17) is 31.0 Å². The number of halogens is 1. The molecule has 2 aromatic heterocycles. The van der Waals surface area contributed by atoms with Gasteiger partial charge in [-0.3, -0.25) is 0 Å². The molecule has 0 radical (unpaired) electrons. The molecule has 2 N–H and O–H groups in total. The number of aryl methyl sites for hydroxylation is 1. The molecule has 0 aliphatic rings. The average Bonchev–Trinajstić information content (AvgIpc) is 3.04. The number of methoxy groups -OCH3 is 1. The summed E-state index contributed by atoms with van der Waals surface area (Å²) in [5, 5.41) is 4.24. The molecule has 0 unspecified atom stereocenters. The Balaban J connectivity index is 2.24. The van der Waals surface area contributed by atoms with Crippen LogP contribution in [0.15, 0.2) is 39.3 Å². The van der Waals surface area contributed by atoms with Crippen molar-refractivity contribution in [2.75, 3.05) is 12.8 Å². The Kier molecular flexibility index (Phi) is 3.35. The van der Waals surface area contributed by atoms with E-state index in [1.54, 1.807) is 19.2 Å². The predicted molar refractivity (Wildman–Crippen MR) is 80.4 cm³/mol. The quantitative estimate of drug-likeness (QED) is 0.786. The van der Waals surface area contributed by atoms with Crippen LogP contribution in [0.4, 0.5) is 5.88 Å². The minimum absolute atomic E-state index is 0.196. The van der Waals surface area contributed by atoms with Crippen molar-refractivity contribution in [3.63, 3.8) is 0 Å². The van der Waals surface area contributed by atoms with Crippen LogP contribution < -0.4 is 10.5 Å². The number of hydrogen-bond acceptors (Lipinski definition) is 5. The van der Waals surface area contributed by atoms with Crippen molar-refractivity contribution in [1.29, 1.82) is 0 Å². The van der Waals surface area contributed by atoms with Gasteiger partial charge in [0.05, 0.1) is 12.7 Å². The number of anilines is 1. The van der Waals surface area contributed by atoms with Crippen LogP contribution in [-0.2, 0) is 0 Å². The van der Waals surface area contributed by atoms with Crippen LogP contribution in [0, 0.1) is 6.92 Å². The Labute approximate surface area is 126 Å². The summed E-state index contributed by atoms with van der Waals surface area (Å²) in [7, 11) is 1.60. The Morgan fingerprint density at radius 2 is 2.05 bits per heavy atom. The zero-order valence-electron chi connectivity index (χ0n) is 11.5. The van der Waals surface area contributed by atoms with Crippen LogP contribution in [0.1, 0.15) is 5.56 Å². The van der Waals surface area contributed by atoms with Gasteiger partial charge in [-0.1, -0.05) is 16.8 Å². The number of hydrogen-bond donors (Lipinski definition) is 1. The second-order valence-electron chi connectivity index (χ2n) is 4.58. The highest BCUT2D eigenvalue weighted by molar-refractivity contribution is 6.29. The normalized spacial score (nSPS) is 10.8. The maximum atomic E-state index is 5.93. The molecular weight excluding hydrogens is 292 g/mol. The Morgan fingerprint density at radius 3 is 2.71 bits per heavy atom. The van der Waals surface area contributed by atoms with Gasteiger partial charge in [0, 0.05) is 5.56 Å². The molecule has 108 valence electrons. The highest BCUT2D eigenvalue weighted by Gasteiger charge is 2.22.